The molecule has 7 heteroatoms. The number of nitrogens with one attached hydrogen (secondary N) is 1. The van der Waals surface area contributed by atoms with E-state index in [1.165, 1.54) is 6.26 Å². The Morgan fingerprint density at radius 2 is 1.88 bits per heavy atom. The molecule has 1 fully saturated rings. The number of piperazine rings is 1. The largest absolute Gasteiger partial charge is 0.459 e. The molecule has 2 heterocycles. The summed E-state index contributed by atoms with van der Waals surface area (Å²) in [7, 11) is 0. The Kier molecular flexibility index (Phi) is 5.83. The molecule has 0 aliphatic carbocycles. The molecule has 1 aromatic carbocycles. The van der Waals surface area contributed by atoms with Crippen molar-refractivity contribution in [1.82, 2.24) is 9.80 Å². The van der Waals surface area contributed by atoms with Gasteiger partial charge >= 0.3 is 0 Å². The van der Waals surface area contributed by atoms with E-state index in [1.807, 2.05) is 30.0 Å². The number of benzene rings is 1. The Bertz CT molecular complexity index is 768. The Balaban J connectivity index is 1.43. The lowest BCUT2D eigenvalue weighted by molar-refractivity contribution is -0.132. The van der Waals surface area contributed by atoms with Crippen LogP contribution in [0.1, 0.15) is 22.5 Å². The van der Waals surface area contributed by atoms with Crippen LogP contribution in [0.4, 0.5) is 5.69 Å². The second kappa shape index (κ2) is 8.27. The molecular weight excluding hydrogens is 354 g/mol. The zero-order valence-corrected chi connectivity index (χ0v) is 15.5. The molecule has 1 aliphatic heterocycles. The number of carbonyl (C=O) groups excluding carboxylic acids is 2. The van der Waals surface area contributed by atoms with E-state index in [0.717, 1.165) is 11.3 Å². The quantitative estimate of drug-likeness (QED) is 0.872. The minimum absolute atomic E-state index is 0.0919. The summed E-state index contributed by atoms with van der Waals surface area (Å²) in [6.45, 7) is 4.68. The number of carbonyl (C=O) groups is 2. The van der Waals surface area contributed by atoms with Crippen LogP contribution in [-0.2, 0) is 4.79 Å². The van der Waals surface area contributed by atoms with E-state index >= 15 is 0 Å². The predicted molar refractivity (Wildman–Crippen MR) is 100 cm³/mol. The molecule has 1 N–H and O–H groups in total. The van der Waals surface area contributed by atoms with Gasteiger partial charge in [0.05, 0.1) is 6.26 Å². The first-order valence-electron chi connectivity index (χ1n) is 8.65. The smallest absolute Gasteiger partial charge is 0.289 e. The number of hydrogen-bond acceptors (Lipinski definition) is 4. The number of hydrogen-bond donors (Lipinski definition) is 1. The van der Waals surface area contributed by atoms with E-state index in [4.69, 9.17) is 16.0 Å². The first-order chi connectivity index (χ1) is 12.5. The van der Waals surface area contributed by atoms with Crippen LogP contribution in [0.2, 0.25) is 5.02 Å². The number of rotatable bonds is 5. The molecule has 6 nitrogen and oxygen atoms in total. The third kappa shape index (κ3) is 4.38. The van der Waals surface area contributed by atoms with Crippen molar-refractivity contribution in [2.75, 3.05) is 38.0 Å². The van der Waals surface area contributed by atoms with Crippen molar-refractivity contribution >= 4 is 29.1 Å². The molecule has 1 aliphatic rings. The fourth-order valence-corrected chi connectivity index (χ4v) is 3.23. The Morgan fingerprint density at radius 3 is 2.54 bits per heavy atom. The van der Waals surface area contributed by atoms with Gasteiger partial charge in [-0.15, -0.1) is 0 Å². The molecular formula is C19H22ClN3O3. The summed E-state index contributed by atoms with van der Waals surface area (Å²) >= 11 is 5.95. The maximum absolute atomic E-state index is 12.4. The van der Waals surface area contributed by atoms with Gasteiger partial charge in [0.2, 0.25) is 5.91 Å². The van der Waals surface area contributed by atoms with E-state index in [2.05, 4.69) is 5.32 Å². The second-order valence-corrected chi connectivity index (χ2v) is 6.72. The van der Waals surface area contributed by atoms with Crippen molar-refractivity contribution in [3.05, 3.63) is 52.9 Å². The summed E-state index contributed by atoms with van der Waals surface area (Å²) in [6.07, 6.45) is 1.90. The third-order valence-electron chi connectivity index (χ3n) is 4.49. The minimum Gasteiger partial charge on any atom is -0.459 e. The van der Waals surface area contributed by atoms with Crippen molar-refractivity contribution in [2.24, 2.45) is 0 Å². The number of halogens is 1. The van der Waals surface area contributed by atoms with Crippen LogP contribution in [0, 0.1) is 6.92 Å². The lowest BCUT2D eigenvalue weighted by atomic mass is 10.2. The molecule has 0 bridgehead atoms. The molecule has 0 radical (unpaired) electrons. The molecule has 3 rings (SSSR count). The van der Waals surface area contributed by atoms with E-state index in [0.29, 0.717) is 49.9 Å². The Labute approximate surface area is 157 Å². The summed E-state index contributed by atoms with van der Waals surface area (Å²) in [6, 6.07) is 8.99. The van der Waals surface area contributed by atoms with Gasteiger partial charge in [0, 0.05) is 49.9 Å². The SMILES string of the molecule is Cc1cc(Cl)ccc1NCCC(=O)N1CCN(C(=O)c2ccco2)CC1. The topological polar surface area (TPSA) is 65.8 Å². The van der Waals surface area contributed by atoms with Crippen LogP contribution < -0.4 is 5.32 Å². The van der Waals surface area contributed by atoms with Gasteiger partial charge in [-0.2, -0.15) is 0 Å². The number of anilines is 1. The van der Waals surface area contributed by atoms with Crippen LogP contribution in [0.25, 0.3) is 0 Å². The summed E-state index contributed by atoms with van der Waals surface area (Å²) in [5.74, 6) is 0.309. The van der Waals surface area contributed by atoms with Gasteiger partial charge in [0.15, 0.2) is 5.76 Å². The van der Waals surface area contributed by atoms with E-state index in [9.17, 15) is 9.59 Å². The van der Waals surface area contributed by atoms with Gasteiger partial charge in [0.1, 0.15) is 0 Å². The summed E-state index contributed by atoms with van der Waals surface area (Å²) in [5.41, 5.74) is 2.03. The van der Waals surface area contributed by atoms with Crippen molar-refractivity contribution in [3.8, 4) is 0 Å². The molecule has 0 saturated carbocycles. The van der Waals surface area contributed by atoms with Gasteiger partial charge in [-0.25, -0.2) is 0 Å². The Hall–Kier alpha value is -2.47. The van der Waals surface area contributed by atoms with Crippen molar-refractivity contribution in [3.63, 3.8) is 0 Å². The molecule has 26 heavy (non-hydrogen) atoms. The highest BCUT2D eigenvalue weighted by molar-refractivity contribution is 6.30. The summed E-state index contributed by atoms with van der Waals surface area (Å²) in [4.78, 5) is 28.1. The first kappa shape index (κ1) is 18.3. The van der Waals surface area contributed by atoms with Gasteiger partial charge in [0.25, 0.3) is 5.91 Å². The molecule has 138 valence electrons. The average molecular weight is 376 g/mol. The maximum atomic E-state index is 12.4. The summed E-state index contributed by atoms with van der Waals surface area (Å²) in [5, 5.41) is 3.97. The monoisotopic (exact) mass is 375 g/mol. The fraction of sp³-hybridized carbons (Fsp3) is 0.368. The number of aryl methyl sites for hydroxylation is 1. The van der Waals surface area contributed by atoms with Crippen molar-refractivity contribution < 1.29 is 14.0 Å². The predicted octanol–water partition coefficient (Wildman–Crippen LogP) is 3.03. The minimum atomic E-state index is -0.123. The zero-order valence-electron chi connectivity index (χ0n) is 14.7. The van der Waals surface area contributed by atoms with Crippen LogP contribution >= 0.6 is 11.6 Å². The van der Waals surface area contributed by atoms with Crippen molar-refractivity contribution in [2.45, 2.75) is 13.3 Å². The molecule has 0 spiro atoms. The molecule has 1 saturated heterocycles. The second-order valence-electron chi connectivity index (χ2n) is 6.29. The van der Waals surface area contributed by atoms with Gasteiger partial charge in [-0.3, -0.25) is 9.59 Å². The molecule has 0 atom stereocenters. The zero-order chi connectivity index (χ0) is 18.5. The van der Waals surface area contributed by atoms with E-state index in [-0.39, 0.29) is 11.8 Å². The number of amides is 2. The number of furan rings is 1. The third-order valence-corrected chi connectivity index (χ3v) is 4.73. The summed E-state index contributed by atoms with van der Waals surface area (Å²) < 4.78 is 5.15. The van der Waals surface area contributed by atoms with Crippen LogP contribution in [0.15, 0.2) is 41.0 Å². The van der Waals surface area contributed by atoms with Crippen LogP contribution in [0.5, 0.6) is 0 Å². The first-order valence-corrected chi connectivity index (χ1v) is 9.03. The fourth-order valence-electron chi connectivity index (χ4n) is 3.00. The lowest BCUT2D eigenvalue weighted by Gasteiger charge is -2.34. The van der Waals surface area contributed by atoms with Gasteiger partial charge < -0.3 is 19.5 Å². The molecule has 1 aromatic heterocycles. The van der Waals surface area contributed by atoms with Crippen LogP contribution in [-0.4, -0.2) is 54.3 Å². The van der Waals surface area contributed by atoms with Crippen LogP contribution in [0.3, 0.4) is 0 Å². The number of nitrogens with zero attached hydrogens (tertiary/aromatic N) is 2. The van der Waals surface area contributed by atoms with E-state index < -0.39 is 0 Å². The highest BCUT2D eigenvalue weighted by Crippen LogP contribution is 2.19. The van der Waals surface area contributed by atoms with E-state index in [1.54, 1.807) is 17.0 Å². The Morgan fingerprint density at radius 1 is 1.15 bits per heavy atom. The highest BCUT2D eigenvalue weighted by Gasteiger charge is 2.25. The standard InChI is InChI=1S/C19H22ClN3O3/c1-14-13-15(20)4-5-16(14)21-7-6-18(24)22-8-10-23(11-9-22)19(25)17-3-2-12-26-17/h2-5,12-13,21H,6-11H2,1H3. The lowest BCUT2D eigenvalue weighted by Crippen LogP contribution is -2.50. The maximum Gasteiger partial charge on any atom is 0.289 e. The molecule has 2 amide bonds. The van der Waals surface area contributed by atoms with Crippen molar-refractivity contribution in [1.29, 1.82) is 0 Å². The molecule has 0 unspecified atom stereocenters. The highest BCUT2D eigenvalue weighted by atomic mass is 35.5. The van der Waals surface area contributed by atoms with Gasteiger partial charge in [-0.1, -0.05) is 11.6 Å². The average Bonchev–Trinajstić information content (AvgIpc) is 3.17. The van der Waals surface area contributed by atoms with Gasteiger partial charge in [-0.05, 0) is 42.8 Å². The molecule has 2 aromatic rings. The normalized spacial score (nSPS) is 14.4.